The van der Waals surface area contributed by atoms with E-state index in [4.69, 9.17) is 11.6 Å². The maximum Gasteiger partial charge on any atom is 0.235 e. The number of halogens is 1. The molecule has 0 aliphatic heterocycles. The van der Waals surface area contributed by atoms with Gasteiger partial charge in [-0.1, -0.05) is 35.1 Å². The standard InChI is InChI=1S/C17H9ClN8S3/c18-10-3-1-9(2-4-10)7-12-24-26-16(28-12)22-23-17(26)29-15-21-20-14-13-11(5-6-27-13)19-8-25(14)15/h1-6,8H,7H2. The third-order valence-electron chi connectivity index (χ3n) is 4.28. The molecule has 142 valence electrons. The number of nitrogens with zero attached hydrogens (tertiary/aromatic N) is 8. The Bertz CT molecular complexity index is 1480. The summed E-state index contributed by atoms with van der Waals surface area (Å²) in [6.07, 6.45) is 2.45. The fraction of sp³-hybridized carbons (Fsp3) is 0.0588. The molecule has 12 heteroatoms. The number of hydrogen-bond donors (Lipinski definition) is 0. The highest BCUT2D eigenvalue weighted by atomic mass is 35.5. The Labute approximate surface area is 180 Å². The Balaban J connectivity index is 1.34. The fourth-order valence-electron chi connectivity index (χ4n) is 2.93. The average molecular weight is 457 g/mol. The molecule has 0 aliphatic carbocycles. The van der Waals surface area contributed by atoms with Gasteiger partial charge in [-0.3, -0.25) is 4.40 Å². The molecule has 0 saturated carbocycles. The highest BCUT2D eigenvalue weighted by molar-refractivity contribution is 7.99. The van der Waals surface area contributed by atoms with Crippen LogP contribution in [0.3, 0.4) is 0 Å². The maximum atomic E-state index is 5.96. The molecule has 0 aliphatic rings. The summed E-state index contributed by atoms with van der Waals surface area (Å²) in [5, 5.41) is 26.8. The van der Waals surface area contributed by atoms with Crippen molar-refractivity contribution in [3.05, 3.63) is 57.6 Å². The zero-order valence-corrected chi connectivity index (χ0v) is 17.6. The van der Waals surface area contributed by atoms with Gasteiger partial charge in [-0.2, -0.15) is 9.61 Å². The molecular formula is C17H9ClN8S3. The summed E-state index contributed by atoms with van der Waals surface area (Å²) >= 11 is 10.4. The van der Waals surface area contributed by atoms with Gasteiger partial charge in [0, 0.05) is 11.4 Å². The molecule has 0 saturated heterocycles. The number of thiophene rings is 1. The minimum absolute atomic E-state index is 0.638. The van der Waals surface area contributed by atoms with Gasteiger partial charge in [0.25, 0.3) is 0 Å². The van der Waals surface area contributed by atoms with Crippen molar-refractivity contribution in [2.45, 2.75) is 16.7 Å². The highest BCUT2D eigenvalue weighted by Gasteiger charge is 2.17. The summed E-state index contributed by atoms with van der Waals surface area (Å²) in [6.45, 7) is 0. The van der Waals surface area contributed by atoms with Crippen molar-refractivity contribution in [3.8, 4) is 0 Å². The lowest BCUT2D eigenvalue weighted by atomic mass is 10.2. The molecule has 0 N–H and O–H groups in total. The monoisotopic (exact) mass is 456 g/mol. The van der Waals surface area contributed by atoms with Crippen molar-refractivity contribution < 1.29 is 0 Å². The molecule has 0 bridgehead atoms. The first-order chi connectivity index (χ1) is 14.2. The summed E-state index contributed by atoms with van der Waals surface area (Å²) in [6, 6.07) is 9.74. The molecule has 0 atom stereocenters. The Morgan fingerprint density at radius 1 is 1.00 bits per heavy atom. The summed E-state index contributed by atoms with van der Waals surface area (Å²) in [7, 11) is 0. The predicted molar refractivity (Wildman–Crippen MR) is 113 cm³/mol. The first kappa shape index (κ1) is 17.3. The molecule has 0 amide bonds. The van der Waals surface area contributed by atoms with E-state index in [1.165, 1.54) is 23.1 Å². The normalized spacial score (nSPS) is 11.9. The van der Waals surface area contributed by atoms with Crippen molar-refractivity contribution in [3.63, 3.8) is 0 Å². The summed E-state index contributed by atoms with van der Waals surface area (Å²) in [4.78, 5) is 5.21. The molecule has 0 radical (unpaired) electrons. The second-order valence-electron chi connectivity index (χ2n) is 6.13. The lowest BCUT2D eigenvalue weighted by molar-refractivity contribution is 0.795. The van der Waals surface area contributed by atoms with Crippen LogP contribution in [0.5, 0.6) is 0 Å². The van der Waals surface area contributed by atoms with E-state index in [2.05, 4.69) is 30.5 Å². The molecule has 0 spiro atoms. The third kappa shape index (κ3) is 2.97. The number of fused-ring (bicyclic) bond motifs is 4. The van der Waals surface area contributed by atoms with Crippen LogP contribution in [0.1, 0.15) is 10.6 Å². The van der Waals surface area contributed by atoms with E-state index in [1.54, 1.807) is 22.2 Å². The first-order valence-electron chi connectivity index (χ1n) is 8.45. The van der Waals surface area contributed by atoms with Crippen LogP contribution in [-0.2, 0) is 6.42 Å². The number of benzene rings is 1. The van der Waals surface area contributed by atoms with E-state index in [0.717, 1.165) is 36.4 Å². The minimum atomic E-state index is 0.638. The molecule has 0 unspecified atom stereocenters. The van der Waals surface area contributed by atoms with E-state index in [9.17, 15) is 0 Å². The van der Waals surface area contributed by atoms with Crippen LogP contribution in [0.25, 0.3) is 20.8 Å². The molecular weight excluding hydrogens is 448 g/mol. The van der Waals surface area contributed by atoms with Crippen molar-refractivity contribution >= 4 is 66.9 Å². The Morgan fingerprint density at radius 2 is 1.86 bits per heavy atom. The van der Waals surface area contributed by atoms with Gasteiger partial charge >= 0.3 is 0 Å². The summed E-state index contributed by atoms with van der Waals surface area (Å²) in [5.74, 6) is 0. The number of aromatic nitrogens is 8. The minimum Gasteiger partial charge on any atom is -0.259 e. The van der Waals surface area contributed by atoms with Crippen LogP contribution in [-0.4, -0.2) is 39.4 Å². The zero-order chi connectivity index (χ0) is 19.4. The summed E-state index contributed by atoms with van der Waals surface area (Å²) in [5.41, 5.74) is 2.85. The predicted octanol–water partition coefficient (Wildman–Crippen LogP) is 4.23. The number of hydrogen-bond acceptors (Lipinski definition) is 9. The molecule has 6 rings (SSSR count). The fourth-order valence-corrected chi connectivity index (χ4v) is 5.57. The van der Waals surface area contributed by atoms with Gasteiger partial charge in [-0.25, -0.2) is 4.98 Å². The van der Waals surface area contributed by atoms with Gasteiger partial charge in [-0.05, 0) is 40.9 Å². The molecule has 5 aromatic heterocycles. The van der Waals surface area contributed by atoms with E-state index >= 15 is 0 Å². The van der Waals surface area contributed by atoms with Crippen molar-refractivity contribution in [2.24, 2.45) is 0 Å². The Hall–Kier alpha value is -2.60. The molecule has 6 aromatic rings. The molecule has 5 heterocycles. The molecule has 29 heavy (non-hydrogen) atoms. The van der Waals surface area contributed by atoms with Crippen molar-refractivity contribution in [1.29, 1.82) is 0 Å². The van der Waals surface area contributed by atoms with Crippen LogP contribution in [0.4, 0.5) is 0 Å². The second kappa shape index (κ2) is 6.73. The average Bonchev–Trinajstić information content (AvgIpc) is 3.48. The van der Waals surface area contributed by atoms with Gasteiger partial charge in [0.05, 0.1) is 10.2 Å². The third-order valence-corrected chi connectivity index (χ3v) is 7.23. The SMILES string of the molecule is Clc1ccc(Cc2nn3c(Sc4nnc5c6sccc6ncn45)nnc3s2)cc1. The zero-order valence-electron chi connectivity index (χ0n) is 14.4. The Morgan fingerprint density at radius 3 is 2.76 bits per heavy atom. The highest BCUT2D eigenvalue weighted by Crippen LogP contribution is 2.30. The molecule has 1 aromatic carbocycles. The first-order valence-corrected chi connectivity index (χ1v) is 11.3. The largest absolute Gasteiger partial charge is 0.259 e. The van der Waals surface area contributed by atoms with E-state index < -0.39 is 0 Å². The molecule has 8 nitrogen and oxygen atoms in total. The van der Waals surface area contributed by atoms with Crippen LogP contribution < -0.4 is 0 Å². The van der Waals surface area contributed by atoms with Crippen LogP contribution in [0, 0.1) is 0 Å². The van der Waals surface area contributed by atoms with Gasteiger partial charge < -0.3 is 0 Å². The van der Waals surface area contributed by atoms with E-state index in [0.29, 0.717) is 16.7 Å². The topological polar surface area (TPSA) is 86.2 Å². The lowest BCUT2D eigenvalue weighted by Crippen LogP contribution is -1.94. The van der Waals surface area contributed by atoms with Gasteiger partial charge in [0.2, 0.25) is 15.3 Å². The maximum absolute atomic E-state index is 5.96. The second-order valence-corrected chi connectivity index (χ2v) is 9.46. The van der Waals surface area contributed by atoms with Crippen LogP contribution in [0.2, 0.25) is 5.02 Å². The number of rotatable bonds is 4. The van der Waals surface area contributed by atoms with E-state index in [1.807, 2.05) is 40.1 Å². The van der Waals surface area contributed by atoms with Crippen LogP contribution >= 0.6 is 46.0 Å². The summed E-state index contributed by atoms with van der Waals surface area (Å²) < 4.78 is 4.63. The van der Waals surface area contributed by atoms with Gasteiger partial charge in [-0.15, -0.1) is 31.7 Å². The van der Waals surface area contributed by atoms with Crippen molar-refractivity contribution in [1.82, 2.24) is 39.4 Å². The van der Waals surface area contributed by atoms with Crippen LogP contribution in [0.15, 0.2) is 52.4 Å². The smallest absolute Gasteiger partial charge is 0.235 e. The Kier molecular flexibility index (Phi) is 4.01. The quantitative estimate of drug-likeness (QED) is 0.392. The lowest BCUT2D eigenvalue weighted by Gasteiger charge is -1.98. The van der Waals surface area contributed by atoms with Gasteiger partial charge in [0.15, 0.2) is 5.65 Å². The van der Waals surface area contributed by atoms with Crippen molar-refractivity contribution in [2.75, 3.05) is 0 Å². The van der Waals surface area contributed by atoms with E-state index in [-0.39, 0.29) is 0 Å². The van der Waals surface area contributed by atoms with Gasteiger partial charge in [0.1, 0.15) is 11.3 Å². The molecule has 0 fully saturated rings.